The van der Waals surface area contributed by atoms with E-state index in [1.807, 2.05) is 0 Å². The summed E-state index contributed by atoms with van der Waals surface area (Å²) in [7, 11) is 1.53. The summed E-state index contributed by atoms with van der Waals surface area (Å²) in [5.41, 5.74) is 0.527. The zero-order chi connectivity index (χ0) is 13.8. The van der Waals surface area contributed by atoms with Gasteiger partial charge in [-0.2, -0.15) is 4.68 Å². The van der Waals surface area contributed by atoms with Crippen molar-refractivity contribution in [3.05, 3.63) is 23.2 Å². The molecule has 19 heavy (non-hydrogen) atoms. The molecule has 1 N–H and O–H groups in total. The quantitative estimate of drug-likeness (QED) is 0.837. The maximum Gasteiger partial charge on any atom is 0.313 e. The molecule has 0 aliphatic rings. The fourth-order valence-electron chi connectivity index (χ4n) is 1.33. The number of tetrazole rings is 1. The van der Waals surface area contributed by atoms with Crippen molar-refractivity contribution >= 4 is 29.3 Å². The van der Waals surface area contributed by atoms with E-state index < -0.39 is 5.97 Å². The van der Waals surface area contributed by atoms with E-state index in [0.29, 0.717) is 21.6 Å². The summed E-state index contributed by atoms with van der Waals surface area (Å²) in [6.45, 7) is 0. The number of methoxy groups -OCH3 is 1. The Hall–Kier alpha value is -1.80. The summed E-state index contributed by atoms with van der Waals surface area (Å²) in [5.74, 6) is -0.484. The van der Waals surface area contributed by atoms with Crippen molar-refractivity contribution < 1.29 is 14.6 Å². The summed E-state index contributed by atoms with van der Waals surface area (Å²) in [6.07, 6.45) is 0. The largest absolute Gasteiger partial charge is 0.497 e. The van der Waals surface area contributed by atoms with Crippen LogP contribution in [0.3, 0.4) is 0 Å². The van der Waals surface area contributed by atoms with Crippen molar-refractivity contribution in [3.8, 4) is 11.4 Å². The maximum atomic E-state index is 10.6. The standard InChI is InChI=1S/C10H9ClN4O3S/c1-18-6-2-3-7(11)8(4-6)15-10(12-13-14-15)19-5-9(16)17/h2-4H,5H2,1H3,(H,16,17). The number of carboxylic acid groups (broad SMARTS) is 1. The summed E-state index contributed by atoms with van der Waals surface area (Å²) in [4.78, 5) is 10.6. The monoisotopic (exact) mass is 300 g/mol. The molecule has 0 fully saturated rings. The van der Waals surface area contributed by atoms with Crippen LogP contribution < -0.4 is 4.74 Å². The first kappa shape index (κ1) is 13.6. The van der Waals surface area contributed by atoms with Crippen molar-refractivity contribution in [3.63, 3.8) is 0 Å². The second-order valence-electron chi connectivity index (χ2n) is 3.37. The highest BCUT2D eigenvalue weighted by Crippen LogP contribution is 2.27. The average molecular weight is 301 g/mol. The van der Waals surface area contributed by atoms with E-state index in [1.54, 1.807) is 18.2 Å². The molecule has 0 aliphatic heterocycles. The molecule has 100 valence electrons. The van der Waals surface area contributed by atoms with Gasteiger partial charge < -0.3 is 9.84 Å². The molecule has 7 nitrogen and oxygen atoms in total. The predicted molar refractivity (Wildman–Crippen MR) is 69.1 cm³/mol. The van der Waals surface area contributed by atoms with E-state index in [1.165, 1.54) is 11.8 Å². The fourth-order valence-corrected chi connectivity index (χ4v) is 2.13. The molecule has 0 aliphatic carbocycles. The van der Waals surface area contributed by atoms with Gasteiger partial charge in [-0.1, -0.05) is 23.4 Å². The number of rotatable bonds is 5. The van der Waals surface area contributed by atoms with E-state index >= 15 is 0 Å². The molecule has 1 aromatic carbocycles. The lowest BCUT2D eigenvalue weighted by atomic mass is 10.3. The molecule has 0 amide bonds. The predicted octanol–water partition coefficient (Wildman–Crippen LogP) is 1.50. The van der Waals surface area contributed by atoms with Gasteiger partial charge in [0, 0.05) is 6.07 Å². The minimum absolute atomic E-state index is 0.137. The lowest BCUT2D eigenvalue weighted by Gasteiger charge is -2.07. The molecule has 1 heterocycles. The fraction of sp³-hybridized carbons (Fsp3) is 0.200. The Morgan fingerprint density at radius 2 is 2.37 bits per heavy atom. The Balaban J connectivity index is 2.36. The number of ether oxygens (including phenoxy) is 1. The van der Waals surface area contributed by atoms with Crippen molar-refractivity contribution in [1.29, 1.82) is 0 Å². The number of thioether (sulfide) groups is 1. The summed E-state index contributed by atoms with van der Waals surface area (Å²) in [6, 6.07) is 5.03. The molecule has 0 radical (unpaired) electrons. The van der Waals surface area contributed by atoms with Crippen molar-refractivity contribution in [2.75, 3.05) is 12.9 Å². The van der Waals surface area contributed by atoms with Gasteiger partial charge in [-0.25, -0.2) is 0 Å². The lowest BCUT2D eigenvalue weighted by Crippen LogP contribution is -2.03. The second-order valence-corrected chi connectivity index (χ2v) is 4.72. The van der Waals surface area contributed by atoms with Crippen molar-refractivity contribution in [2.45, 2.75) is 5.16 Å². The summed E-state index contributed by atoms with van der Waals surface area (Å²) in [5, 5.41) is 20.5. The molecule has 0 atom stereocenters. The van der Waals surface area contributed by atoms with Crippen LogP contribution in [-0.2, 0) is 4.79 Å². The van der Waals surface area contributed by atoms with Crippen LogP contribution in [0.4, 0.5) is 0 Å². The Morgan fingerprint density at radius 3 is 3.05 bits per heavy atom. The first-order chi connectivity index (χ1) is 9.11. The molecule has 0 bridgehead atoms. The number of hydrogen-bond acceptors (Lipinski definition) is 6. The zero-order valence-electron chi connectivity index (χ0n) is 9.78. The third kappa shape index (κ3) is 3.15. The molecular weight excluding hydrogens is 292 g/mol. The molecule has 2 rings (SSSR count). The molecule has 0 saturated carbocycles. The van der Waals surface area contributed by atoms with Crippen LogP contribution >= 0.6 is 23.4 Å². The minimum atomic E-state index is -0.948. The van der Waals surface area contributed by atoms with E-state index in [4.69, 9.17) is 21.4 Å². The van der Waals surface area contributed by atoms with Gasteiger partial charge in [-0.15, -0.1) is 5.10 Å². The number of carboxylic acids is 1. The van der Waals surface area contributed by atoms with Gasteiger partial charge in [0.2, 0.25) is 5.16 Å². The molecule has 0 unspecified atom stereocenters. The van der Waals surface area contributed by atoms with Crippen LogP contribution in [0.1, 0.15) is 0 Å². The Kier molecular flexibility index (Phi) is 4.23. The molecule has 1 aromatic heterocycles. The van der Waals surface area contributed by atoms with Gasteiger partial charge >= 0.3 is 5.97 Å². The van der Waals surface area contributed by atoms with E-state index in [2.05, 4.69) is 15.5 Å². The average Bonchev–Trinajstić information content (AvgIpc) is 2.85. The number of carbonyl (C=O) groups is 1. The smallest absolute Gasteiger partial charge is 0.313 e. The van der Waals surface area contributed by atoms with Crippen LogP contribution in [0.2, 0.25) is 5.02 Å². The van der Waals surface area contributed by atoms with Crippen molar-refractivity contribution in [2.24, 2.45) is 0 Å². The van der Waals surface area contributed by atoms with E-state index in [9.17, 15) is 4.79 Å². The third-order valence-electron chi connectivity index (χ3n) is 2.15. The van der Waals surface area contributed by atoms with Gasteiger partial charge in [-0.3, -0.25) is 4.79 Å². The van der Waals surface area contributed by atoms with Crippen LogP contribution in [0.15, 0.2) is 23.4 Å². The van der Waals surface area contributed by atoms with Gasteiger partial charge in [0.1, 0.15) is 5.75 Å². The third-order valence-corrected chi connectivity index (χ3v) is 3.37. The molecule has 0 spiro atoms. The Bertz CT molecular complexity index is 604. The molecule has 0 saturated heterocycles. The van der Waals surface area contributed by atoms with E-state index in [0.717, 1.165) is 11.8 Å². The van der Waals surface area contributed by atoms with Crippen molar-refractivity contribution in [1.82, 2.24) is 20.2 Å². The molecule has 9 heteroatoms. The van der Waals surface area contributed by atoms with Gasteiger partial charge in [0.15, 0.2) is 0 Å². The SMILES string of the molecule is COc1ccc(Cl)c(-n2nnnc2SCC(=O)O)c1. The highest BCUT2D eigenvalue weighted by atomic mass is 35.5. The minimum Gasteiger partial charge on any atom is -0.497 e. The lowest BCUT2D eigenvalue weighted by molar-refractivity contribution is -0.133. The summed E-state index contributed by atoms with van der Waals surface area (Å²) >= 11 is 7.09. The second kappa shape index (κ2) is 5.89. The highest BCUT2D eigenvalue weighted by molar-refractivity contribution is 7.99. The number of nitrogens with zero attached hydrogens (tertiary/aromatic N) is 4. The van der Waals surface area contributed by atoms with Gasteiger partial charge in [0.05, 0.1) is 23.6 Å². The summed E-state index contributed by atoms with van der Waals surface area (Å²) < 4.78 is 6.48. The van der Waals surface area contributed by atoms with E-state index in [-0.39, 0.29) is 5.75 Å². The molecule has 2 aromatic rings. The first-order valence-corrected chi connectivity index (χ1v) is 6.45. The van der Waals surface area contributed by atoms with Crippen LogP contribution in [0.5, 0.6) is 5.75 Å². The Morgan fingerprint density at radius 1 is 1.58 bits per heavy atom. The number of halogens is 1. The topological polar surface area (TPSA) is 90.1 Å². The normalized spacial score (nSPS) is 10.4. The van der Waals surface area contributed by atoms with Gasteiger partial charge in [0.25, 0.3) is 0 Å². The van der Waals surface area contributed by atoms with Crippen LogP contribution in [0.25, 0.3) is 5.69 Å². The number of aliphatic carboxylic acids is 1. The number of benzene rings is 1. The zero-order valence-corrected chi connectivity index (χ0v) is 11.4. The molecular formula is C10H9ClN4O3S. The first-order valence-electron chi connectivity index (χ1n) is 5.08. The highest BCUT2D eigenvalue weighted by Gasteiger charge is 2.14. The van der Waals surface area contributed by atoms with Crippen LogP contribution in [-0.4, -0.2) is 44.1 Å². The Labute approximate surface area is 117 Å². The van der Waals surface area contributed by atoms with Gasteiger partial charge in [-0.05, 0) is 22.6 Å². The maximum absolute atomic E-state index is 10.6. The van der Waals surface area contributed by atoms with Crippen LogP contribution in [0, 0.1) is 0 Å². The number of aromatic nitrogens is 4. The number of hydrogen-bond donors (Lipinski definition) is 1.